The summed E-state index contributed by atoms with van der Waals surface area (Å²) in [6, 6.07) is 8.66. The molecule has 0 bridgehead atoms. The third kappa shape index (κ3) is 5.38. The van der Waals surface area contributed by atoms with E-state index >= 15 is 0 Å². The Hall–Kier alpha value is -0.280. The molecular formula is C12H19NS2. The van der Waals surface area contributed by atoms with Crippen molar-refractivity contribution in [1.29, 1.82) is 0 Å². The second-order valence-electron chi connectivity index (χ2n) is 3.71. The van der Waals surface area contributed by atoms with Gasteiger partial charge in [0.1, 0.15) is 0 Å². The first-order valence-electron chi connectivity index (χ1n) is 5.27. The van der Waals surface area contributed by atoms with Crippen LogP contribution in [0.4, 0.5) is 5.69 Å². The summed E-state index contributed by atoms with van der Waals surface area (Å²) >= 11 is 6.14. The van der Waals surface area contributed by atoms with Gasteiger partial charge < -0.3 is 5.32 Å². The zero-order chi connectivity index (χ0) is 11.1. The Bertz CT molecular complexity index is 269. The molecule has 0 aliphatic heterocycles. The van der Waals surface area contributed by atoms with Crippen molar-refractivity contribution in [3.63, 3.8) is 0 Å². The molecule has 0 heterocycles. The van der Waals surface area contributed by atoms with Gasteiger partial charge in [0.15, 0.2) is 0 Å². The van der Waals surface area contributed by atoms with E-state index in [-0.39, 0.29) is 0 Å². The SMILES string of the molecule is CC(C)SCc1ccc(NCCS)cc1. The predicted molar refractivity (Wildman–Crippen MR) is 75.2 cm³/mol. The number of rotatable bonds is 6. The molecule has 0 amide bonds. The van der Waals surface area contributed by atoms with E-state index in [4.69, 9.17) is 0 Å². The van der Waals surface area contributed by atoms with E-state index in [1.54, 1.807) is 0 Å². The number of hydrogen-bond acceptors (Lipinski definition) is 3. The minimum atomic E-state index is 0.701. The van der Waals surface area contributed by atoms with Crippen molar-refractivity contribution in [2.45, 2.75) is 24.9 Å². The average molecular weight is 241 g/mol. The molecule has 1 aromatic carbocycles. The highest BCUT2D eigenvalue weighted by Gasteiger charge is 1.97. The van der Waals surface area contributed by atoms with Crippen LogP contribution in [0.15, 0.2) is 24.3 Å². The standard InChI is InChI=1S/C12H19NS2/c1-10(2)15-9-11-3-5-12(6-4-11)13-7-8-14/h3-6,10,13-14H,7-9H2,1-2H3. The minimum Gasteiger partial charge on any atom is -0.384 e. The molecule has 1 aromatic rings. The molecule has 3 heteroatoms. The summed E-state index contributed by atoms with van der Waals surface area (Å²) in [5, 5.41) is 4.00. The highest BCUT2D eigenvalue weighted by molar-refractivity contribution is 7.99. The summed E-state index contributed by atoms with van der Waals surface area (Å²) in [4.78, 5) is 0. The van der Waals surface area contributed by atoms with E-state index in [1.165, 1.54) is 11.3 Å². The van der Waals surface area contributed by atoms with Crippen LogP contribution >= 0.6 is 24.4 Å². The summed E-state index contributed by atoms with van der Waals surface area (Å²) in [7, 11) is 0. The molecule has 1 rings (SSSR count). The molecule has 0 aromatic heterocycles. The second kappa shape index (κ2) is 7.07. The topological polar surface area (TPSA) is 12.0 Å². The maximum Gasteiger partial charge on any atom is 0.0340 e. The Morgan fingerprint density at radius 2 is 1.93 bits per heavy atom. The van der Waals surface area contributed by atoms with Crippen molar-refractivity contribution in [3.8, 4) is 0 Å². The zero-order valence-electron chi connectivity index (χ0n) is 9.36. The summed E-state index contributed by atoms with van der Waals surface area (Å²) in [6.45, 7) is 5.38. The monoisotopic (exact) mass is 241 g/mol. The number of nitrogens with one attached hydrogen (secondary N) is 1. The molecule has 0 saturated carbocycles. The fourth-order valence-electron chi connectivity index (χ4n) is 1.18. The molecule has 1 N–H and O–H groups in total. The van der Waals surface area contributed by atoms with Gasteiger partial charge in [-0.2, -0.15) is 24.4 Å². The summed E-state index contributed by atoms with van der Waals surface area (Å²) < 4.78 is 0. The van der Waals surface area contributed by atoms with Crippen LogP contribution in [-0.2, 0) is 5.75 Å². The van der Waals surface area contributed by atoms with Gasteiger partial charge in [0.05, 0.1) is 0 Å². The van der Waals surface area contributed by atoms with E-state index in [9.17, 15) is 0 Å². The van der Waals surface area contributed by atoms with Crippen LogP contribution < -0.4 is 5.32 Å². The molecule has 0 fully saturated rings. The molecule has 0 spiro atoms. The Morgan fingerprint density at radius 1 is 1.27 bits per heavy atom. The number of thiol groups is 1. The molecule has 15 heavy (non-hydrogen) atoms. The average Bonchev–Trinajstić information content (AvgIpc) is 2.25. The quantitative estimate of drug-likeness (QED) is 0.737. The smallest absolute Gasteiger partial charge is 0.0340 e. The maximum atomic E-state index is 4.16. The van der Waals surface area contributed by atoms with Crippen molar-refractivity contribution in [2.24, 2.45) is 0 Å². The van der Waals surface area contributed by atoms with Gasteiger partial charge in [0.2, 0.25) is 0 Å². The lowest BCUT2D eigenvalue weighted by molar-refractivity contribution is 1.11. The Morgan fingerprint density at radius 3 is 2.47 bits per heavy atom. The molecule has 0 aliphatic rings. The Labute approximate surface area is 102 Å². The lowest BCUT2D eigenvalue weighted by Crippen LogP contribution is -2.02. The van der Waals surface area contributed by atoms with Gasteiger partial charge in [-0.3, -0.25) is 0 Å². The number of anilines is 1. The highest BCUT2D eigenvalue weighted by atomic mass is 32.2. The largest absolute Gasteiger partial charge is 0.384 e. The predicted octanol–water partition coefficient (Wildman–Crippen LogP) is 3.67. The van der Waals surface area contributed by atoms with E-state index in [2.05, 4.69) is 56.1 Å². The molecule has 0 saturated heterocycles. The van der Waals surface area contributed by atoms with Crippen LogP contribution in [0.2, 0.25) is 0 Å². The Balaban J connectivity index is 2.41. The first-order chi connectivity index (χ1) is 7.22. The van der Waals surface area contributed by atoms with Gasteiger partial charge >= 0.3 is 0 Å². The van der Waals surface area contributed by atoms with Crippen LogP contribution in [0.25, 0.3) is 0 Å². The van der Waals surface area contributed by atoms with Gasteiger partial charge in [-0.15, -0.1) is 0 Å². The second-order valence-corrected chi connectivity index (χ2v) is 5.72. The molecule has 84 valence electrons. The third-order valence-corrected chi connectivity index (χ3v) is 3.37. The lowest BCUT2D eigenvalue weighted by atomic mass is 10.2. The van der Waals surface area contributed by atoms with Gasteiger partial charge in [-0.25, -0.2) is 0 Å². The molecule has 0 atom stereocenters. The van der Waals surface area contributed by atoms with E-state index < -0.39 is 0 Å². The van der Waals surface area contributed by atoms with Crippen LogP contribution in [0.3, 0.4) is 0 Å². The molecule has 0 aliphatic carbocycles. The highest BCUT2D eigenvalue weighted by Crippen LogP contribution is 2.18. The van der Waals surface area contributed by atoms with Crippen molar-refractivity contribution in [3.05, 3.63) is 29.8 Å². The fraction of sp³-hybridized carbons (Fsp3) is 0.500. The summed E-state index contributed by atoms with van der Waals surface area (Å²) in [6.07, 6.45) is 0. The summed E-state index contributed by atoms with van der Waals surface area (Å²) in [5.41, 5.74) is 2.58. The van der Waals surface area contributed by atoms with E-state index in [0.29, 0.717) is 5.25 Å². The third-order valence-electron chi connectivity index (χ3n) is 1.98. The van der Waals surface area contributed by atoms with Crippen molar-refractivity contribution < 1.29 is 0 Å². The normalized spacial score (nSPS) is 10.7. The van der Waals surface area contributed by atoms with Crippen molar-refractivity contribution in [1.82, 2.24) is 0 Å². The summed E-state index contributed by atoms with van der Waals surface area (Å²) in [5.74, 6) is 1.97. The first kappa shape index (κ1) is 12.8. The van der Waals surface area contributed by atoms with E-state index in [1.807, 2.05) is 11.8 Å². The van der Waals surface area contributed by atoms with E-state index in [0.717, 1.165) is 18.1 Å². The van der Waals surface area contributed by atoms with Crippen LogP contribution in [0, 0.1) is 0 Å². The van der Waals surface area contributed by atoms with Crippen molar-refractivity contribution in [2.75, 3.05) is 17.6 Å². The number of thioether (sulfide) groups is 1. The lowest BCUT2D eigenvalue weighted by Gasteiger charge is -2.07. The van der Waals surface area contributed by atoms with Gasteiger partial charge in [0.25, 0.3) is 0 Å². The fourth-order valence-corrected chi connectivity index (χ4v) is 2.01. The van der Waals surface area contributed by atoms with Crippen LogP contribution in [0.1, 0.15) is 19.4 Å². The minimum absolute atomic E-state index is 0.701. The zero-order valence-corrected chi connectivity index (χ0v) is 11.1. The molecule has 0 unspecified atom stereocenters. The molecule has 1 nitrogen and oxygen atoms in total. The van der Waals surface area contributed by atoms with Gasteiger partial charge in [0, 0.05) is 23.7 Å². The van der Waals surface area contributed by atoms with Gasteiger partial charge in [-0.05, 0) is 22.9 Å². The number of hydrogen-bond donors (Lipinski definition) is 2. The van der Waals surface area contributed by atoms with Crippen molar-refractivity contribution >= 4 is 30.1 Å². The van der Waals surface area contributed by atoms with Crippen LogP contribution in [0.5, 0.6) is 0 Å². The maximum absolute atomic E-state index is 4.16. The Kier molecular flexibility index (Phi) is 6.03. The number of benzene rings is 1. The van der Waals surface area contributed by atoms with Crippen LogP contribution in [-0.4, -0.2) is 17.5 Å². The first-order valence-corrected chi connectivity index (χ1v) is 6.95. The molecule has 0 radical (unpaired) electrons. The molecular weight excluding hydrogens is 222 g/mol. The van der Waals surface area contributed by atoms with Gasteiger partial charge in [-0.1, -0.05) is 26.0 Å².